The van der Waals surface area contributed by atoms with Gasteiger partial charge in [0.05, 0.1) is 0 Å². The lowest BCUT2D eigenvalue weighted by Crippen LogP contribution is -2.38. The first-order valence-electron chi connectivity index (χ1n) is 4.90. The number of carbonyl (C=O) groups excluding carboxylic acids is 1. The summed E-state index contributed by atoms with van der Waals surface area (Å²) < 4.78 is 0. The summed E-state index contributed by atoms with van der Waals surface area (Å²) >= 11 is 1.97. The van der Waals surface area contributed by atoms with Crippen molar-refractivity contribution in [2.45, 2.75) is 25.8 Å². The van der Waals surface area contributed by atoms with E-state index in [4.69, 9.17) is 0 Å². The van der Waals surface area contributed by atoms with Gasteiger partial charge in [0.2, 0.25) is 5.91 Å². The highest BCUT2D eigenvalue weighted by molar-refractivity contribution is 7.99. The molecule has 0 aromatic rings. The van der Waals surface area contributed by atoms with Gasteiger partial charge in [0.15, 0.2) is 0 Å². The van der Waals surface area contributed by atoms with Gasteiger partial charge in [-0.25, -0.2) is 0 Å². The quantitative estimate of drug-likeness (QED) is 0.702. The molecule has 1 rings (SSSR count). The standard InChI is InChI=1S/C9H18N2OS/c1-2-10-9(12)4-3-8-7-13-6-5-11-8/h8,11H,2-7H2,1H3,(H,10,12). The summed E-state index contributed by atoms with van der Waals surface area (Å²) in [6.45, 7) is 3.78. The maximum absolute atomic E-state index is 11.1. The second-order valence-corrected chi connectivity index (χ2v) is 4.37. The number of thioether (sulfide) groups is 1. The van der Waals surface area contributed by atoms with Crippen molar-refractivity contribution in [2.24, 2.45) is 0 Å². The Kier molecular flexibility index (Phi) is 5.23. The van der Waals surface area contributed by atoms with E-state index in [0.29, 0.717) is 12.5 Å². The van der Waals surface area contributed by atoms with Crippen molar-refractivity contribution >= 4 is 17.7 Å². The number of rotatable bonds is 4. The number of nitrogens with one attached hydrogen (secondary N) is 2. The van der Waals surface area contributed by atoms with Gasteiger partial charge in [-0.15, -0.1) is 0 Å². The fraction of sp³-hybridized carbons (Fsp3) is 0.889. The van der Waals surface area contributed by atoms with Crippen LogP contribution in [0.5, 0.6) is 0 Å². The zero-order valence-corrected chi connectivity index (χ0v) is 8.95. The summed E-state index contributed by atoms with van der Waals surface area (Å²) in [6.07, 6.45) is 1.63. The van der Waals surface area contributed by atoms with Crippen molar-refractivity contribution in [3.8, 4) is 0 Å². The third kappa shape index (κ3) is 4.52. The fourth-order valence-electron chi connectivity index (χ4n) is 1.40. The van der Waals surface area contributed by atoms with Crippen LogP contribution in [-0.2, 0) is 4.79 Å². The molecule has 0 aromatic heterocycles. The minimum absolute atomic E-state index is 0.180. The molecule has 1 amide bonds. The summed E-state index contributed by atoms with van der Waals surface area (Å²) in [6, 6.07) is 0.543. The smallest absolute Gasteiger partial charge is 0.220 e. The molecular formula is C9H18N2OS. The molecule has 1 atom stereocenters. The van der Waals surface area contributed by atoms with Crippen LogP contribution in [0.25, 0.3) is 0 Å². The van der Waals surface area contributed by atoms with Gasteiger partial charge in [-0.1, -0.05) is 0 Å². The van der Waals surface area contributed by atoms with E-state index in [-0.39, 0.29) is 5.91 Å². The van der Waals surface area contributed by atoms with Crippen LogP contribution in [0.2, 0.25) is 0 Å². The molecule has 0 aromatic carbocycles. The minimum atomic E-state index is 0.180. The highest BCUT2D eigenvalue weighted by Gasteiger charge is 2.13. The summed E-state index contributed by atoms with van der Waals surface area (Å²) in [5.74, 6) is 2.54. The molecule has 0 saturated carbocycles. The summed E-state index contributed by atoms with van der Waals surface area (Å²) in [4.78, 5) is 11.1. The molecule has 2 N–H and O–H groups in total. The zero-order valence-electron chi connectivity index (χ0n) is 8.14. The fourth-order valence-corrected chi connectivity index (χ4v) is 2.39. The van der Waals surface area contributed by atoms with Crippen LogP contribution in [0.1, 0.15) is 19.8 Å². The molecule has 1 fully saturated rings. The first-order chi connectivity index (χ1) is 6.33. The Balaban J connectivity index is 2.06. The first kappa shape index (κ1) is 10.9. The van der Waals surface area contributed by atoms with Gasteiger partial charge >= 0.3 is 0 Å². The summed E-state index contributed by atoms with van der Waals surface area (Å²) in [7, 11) is 0. The molecule has 3 nitrogen and oxygen atoms in total. The van der Waals surface area contributed by atoms with Crippen LogP contribution in [0.4, 0.5) is 0 Å². The lowest BCUT2D eigenvalue weighted by atomic mass is 10.1. The van der Waals surface area contributed by atoms with Gasteiger partial charge in [-0.3, -0.25) is 4.79 Å². The maximum atomic E-state index is 11.1. The van der Waals surface area contributed by atoms with E-state index >= 15 is 0 Å². The summed E-state index contributed by atoms with van der Waals surface area (Å²) in [5.41, 5.74) is 0. The predicted molar refractivity (Wildman–Crippen MR) is 57.0 cm³/mol. The van der Waals surface area contributed by atoms with E-state index in [1.807, 2.05) is 18.7 Å². The van der Waals surface area contributed by atoms with Crippen LogP contribution in [0, 0.1) is 0 Å². The Hall–Kier alpha value is -0.220. The Labute approximate surface area is 84.0 Å². The third-order valence-corrected chi connectivity index (χ3v) is 3.22. The predicted octanol–water partition coefficient (Wildman–Crippen LogP) is 0.608. The maximum Gasteiger partial charge on any atom is 0.220 e. The molecule has 13 heavy (non-hydrogen) atoms. The van der Waals surface area contributed by atoms with E-state index < -0.39 is 0 Å². The molecule has 1 saturated heterocycles. The normalized spacial score (nSPS) is 22.7. The van der Waals surface area contributed by atoms with Crippen molar-refractivity contribution in [2.75, 3.05) is 24.6 Å². The largest absolute Gasteiger partial charge is 0.356 e. The number of amides is 1. The molecule has 0 bridgehead atoms. The van der Waals surface area contributed by atoms with Crippen LogP contribution in [0.3, 0.4) is 0 Å². The van der Waals surface area contributed by atoms with Crippen molar-refractivity contribution < 1.29 is 4.79 Å². The lowest BCUT2D eigenvalue weighted by molar-refractivity contribution is -0.121. The van der Waals surface area contributed by atoms with Crippen molar-refractivity contribution in [1.29, 1.82) is 0 Å². The monoisotopic (exact) mass is 202 g/mol. The Bertz CT molecular complexity index is 158. The molecule has 1 aliphatic heterocycles. The molecule has 1 aliphatic rings. The second kappa shape index (κ2) is 6.27. The highest BCUT2D eigenvalue weighted by atomic mass is 32.2. The van der Waals surface area contributed by atoms with Gasteiger partial charge in [-0.05, 0) is 13.3 Å². The molecule has 1 unspecified atom stereocenters. The van der Waals surface area contributed by atoms with E-state index in [1.165, 1.54) is 5.75 Å². The Morgan fingerprint density at radius 3 is 3.15 bits per heavy atom. The lowest BCUT2D eigenvalue weighted by Gasteiger charge is -2.22. The van der Waals surface area contributed by atoms with E-state index in [9.17, 15) is 4.79 Å². The molecule has 1 heterocycles. The topological polar surface area (TPSA) is 41.1 Å². The second-order valence-electron chi connectivity index (χ2n) is 3.22. The molecule has 0 aliphatic carbocycles. The van der Waals surface area contributed by atoms with Gasteiger partial charge in [0, 0.05) is 37.1 Å². The van der Waals surface area contributed by atoms with Gasteiger partial charge in [0.25, 0.3) is 0 Å². The van der Waals surface area contributed by atoms with Crippen molar-refractivity contribution in [3.63, 3.8) is 0 Å². The number of hydrogen-bond donors (Lipinski definition) is 2. The van der Waals surface area contributed by atoms with Crippen LogP contribution >= 0.6 is 11.8 Å². The first-order valence-corrected chi connectivity index (χ1v) is 6.06. The van der Waals surface area contributed by atoms with Gasteiger partial charge in [0.1, 0.15) is 0 Å². The van der Waals surface area contributed by atoms with Crippen LogP contribution in [0.15, 0.2) is 0 Å². The zero-order chi connectivity index (χ0) is 9.52. The van der Waals surface area contributed by atoms with Crippen LogP contribution < -0.4 is 10.6 Å². The van der Waals surface area contributed by atoms with Gasteiger partial charge < -0.3 is 10.6 Å². The van der Waals surface area contributed by atoms with Crippen LogP contribution in [-0.4, -0.2) is 36.5 Å². The Morgan fingerprint density at radius 1 is 1.69 bits per heavy atom. The molecule has 4 heteroatoms. The number of carbonyl (C=O) groups is 1. The summed E-state index contributed by atoms with van der Waals surface area (Å²) in [5, 5.41) is 6.23. The molecule has 0 spiro atoms. The average Bonchev–Trinajstić information content (AvgIpc) is 2.17. The minimum Gasteiger partial charge on any atom is -0.356 e. The SMILES string of the molecule is CCNC(=O)CCC1CSCCN1. The van der Waals surface area contributed by atoms with Gasteiger partial charge in [-0.2, -0.15) is 11.8 Å². The van der Waals surface area contributed by atoms with Crippen molar-refractivity contribution in [3.05, 3.63) is 0 Å². The van der Waals surface area contributed by atoms with E-state index in [2.05, 4.69) is 10.6 Å². The Morgan fingerprint density at radius 2 is 2.54 bits per heavy atom. The molecular weight excluding hydrogens is 184 g/mol. The van der Waals surface area contributed by atoms with E-state index in [1.54, 1.807) is 0 Å². The third-order valence-electron chi connectivity index (χ3n) is 2.09. The van der Waals surface area contributed by atoms with Crippen molar-refractivity contribution in [1.82, 2.24) is 10.6 Å². The average molecular weight is 202 g/mol. The molecule has 76 valence electrons. The molecule has 0 radical (unpaired) electrons. The van der Waals surface area contributed by atoms with E-state index in [0.717, 1.165) is 25.3 Å². The highest BCUT2D eigenvalue weighted by Crippen LogP contribution is 2.11. The number of hydrogen-bond acceptors (Lipinski definition) is 3.